The quantitative estimate of drug-likeness (QED) is 0.785. The first-order valence-electron chi connectivity index (χ1n) is 6.57. The highest BCUT2D eigenvalue weighted by atomic mass is 32.1. The van der Waals surface area contributed by atoms with Gasteiger partial charge in [-0.25, -0.2) is 0 Å². The van der Waals surface area contributed by atoms with Gasteiger partial charge in [0.25, 0.3) is 0 Å². The topological polar surface area (TPSA) is 9.23 Å². The lowest BCUT2D eigenvalue weighted by atomic mass is 9.82. The SMILES string of the molecule is Cc1cc(C)c(C)c(OCC(CS)C(C)(C)C)c1. The zero-order chi connectivity index (χ0) is 13.9. The summed E-state index contributed by atoms with van der Waals surface area (Å²) in [6, 6.07) is 4.32. The van der Waals surface area contributed by atoms with Gasteiger partial charge in [0.1, 0.15) is 5.75 Å². The number of thiol groups is 1. The van der Waals surface area contributed by atoms with Crippen molar-refractivity contribution in [1.82, 2.24) is 0 Å². The van der Waals surface area contributed by atoms with Gasteiger partial charge in [0.05, 0.1) is 6.61 Å². The van der Waals surface area contributed by atoms with E-state index in [1.807, 2.05) is 0 Å². The second kappa shape index (κ2) is 6.01. The molecule has 1 aromatic carbocycles. The lowest BCUT2D eigenvalue weighted by Gasteiger charge is -2.29. The van der Waals surface area contributed by atoms with Crippen LogP contribution in [0.25, 0.3) is 0 Å². The molecule has 0 aromatic heterocycles. The minimum atomic E-state index is 0.231. The molecule has 18 heavy (non-hydrogen) atoms. The second-order valence-electron chi connectivity index (χ2n) is 6.26. The van der Waals surface area contributed by atoms with E-state index in [0.717, 1.165) is 18.1 Å². The smallest absolute Gasteiger partial charge is 0.122 e. The van der Waals surface area contributed by atoms with Crippen LogP contribution >= 0.6 is 12.6 Å². The Labute approximate surface area is 117 Å². The van der Waals surface area contributed by atoms with Crippen molar-refractivity contribution in [2.75, 3.05) is 12.4 Å². The fourth-order valence-corrected chi connectivity index (χ4v) is 2.57. The van der Waals surface area contributed by atoms with Gasteiger partial charge in [0, 0.05) is 5.92 Å². The maximum atomic E-state index is 6.03. The van der Waals surface area contributed by atoms with Crippen molar-refractivity contribution < 1.29 is 4.74 Å². The number of rotatable bonds is 4. The van der Waals surface area contributed by atoms with E-state index in [9.17, 15) is 0 Å². The van der Waals surface area contributed by atoms with E-state index in [4.69, 9.17) is 4.74 Å². The molecule has 0 aliphatic carbocycles. The Morgan fingerprint density at radius 3 is 2.28 bits per heavy atom. The number of ether oxygens (including phenoxy) is 1. The molecule has 1 aromatic rings. The van der Waals surface area contributed by atoms with Crippen molar-refractivity contribution in [3.05, 3.63) is 28.8 Å². The molecule has 1 nitrogen and oxygen atoms in total. The molecule has 0 spiro atoms. The minimum Gasteiger partial charge on any atom is -0.493 e. The van der Waals surface area contributed by atoms with Crippen LogP contribution in [0.5, 0.6) is 5.75 Å². The molecule has 0 fully saturated rings. The summed E-state index contributed by atoms with van der Waals surface area (Å²) in [5.74, 6) is 2.33. The van der Waals surface area contributed by atoms with Crippen molar-refractivity contribution in [3.63, 3.8) is 0 Å². The maximum Gasteiger partial charge on any atom is 0.122 e. The van der Waals surface area contributed by atoms with Crippen molar-refractivity contribution in [2.45, 2.75) is 41.5 Å². The zero-order valence-electron chi connectivity index (χ0n) is 12.5. The van der Waals surface area contributed by atoms with Gasteiger partial charge in [-0.3, -0.25) is 0 Å². The Kier molecular flexibility index (Phi) is 5.15. The lowest BCUT2D eigenvalue weighted by molar-refractivity contribution is 0.164. The fourth-order valence-electron chi connectivity index (χ4n) is 1.92. The standard InChI is InChI=1S/C16H26OS/c1-11-7-12(2)13(3)15(8-11)17-9-14(10-18)16(4,5)6/h7-8,14,18H,9-10H2,1-6H3. The van der Waals surface area contributed by atoms with Crippen LogP contribution in [0.1, 0.15) is 37.5 Å². The number of hydrogen-bond donors (Lipinski definition) is 1. The fraction of sp³-hybridized carbons (Fsp3) is 0.625. The van der Waals surface area contributed by atoms with Gasteiger partial charge in [-0.2, -0.15) is 12.6 Å². The van der Waals surface area contributed by atoms with Crippen LogP contribution in [0.3, 0.4) is 0 Å². The summed E-state index contributed by atoms with van der Waals surface area (Å²) < 4.78 is 6.03. The molecule has 1 atom stereocenters. The number of benzene rings is 1. The molecule has 0 amide bonds. The van der Waals surface area contributed by atoms with Crippen molar-refractivity contribution in [3.8, 4) is 5.75 Å². The summed E-state index contributed by atoms with van der Waals surface area (Å²) in [6.07, 6.45) is 0. The predicted molar refractivity (Wildman–Crippen MR) is 82.9 cm³/mol. The average molecular weight is 266 g/mol. The molecule has 1 rings (SSSR count). The van der Waals surface area contributed by atoms with E-state index in [-0.39, 0.29) is 5.41 Å². The molecule has 0 saturated heterocycles. The van der Waals surface area contributed by atoms with E-state index in [0.29, 0.717) is 5.92 Å². The van der Waals surface area contributed by atoms with Crippen molar-refractivity contribution in [1.29, 1.82) is 0 Å². The summed E-state index contributed by atoms with van der Waals surface area (Å²) in [7, 11) is 0. The van der Waals surface area contributed by atoms with Gasteiger partial charge in [-0.05, 0) is 54.7 Å². The van der Waals surface area contributed by atoms with Crippen LogP contribution in [0, 0.1) is 32.1 Å². The molecule has 102 valence electrons. The summed E-state index contributed by atoms with van der Waals surface area (Å²) in [4.78, 5) is 0. The van der Waals surface area contributed by atoms with Gasteiger partial charge >= 0.3 is 0 Å². The normalized spacial score (nSPS) is 13.5. The van der Waals surface area contributed by atoms with Crippen LogP contribution in [0.2, 0.25) is 0 Å². The van der Waals surface area contributed by atoms with Crippen LogP contribution in [-0.2, 0) is 0 Å². The zero-order valence-corrected chi connectivity index (χ0v) is 13.4. The molecule has 0 aliphatic heterocycles. The molecular formula is C16H26OS. The maximum absolute atomic E-state index is 6.03. The molecule has 0 radical (unpaired) electrons. The summed E-state index contributed by atoms with van der Waals surface area (Å²) in [5.41, 5.74) is 4.02. The molecule has 1 unspecified atom stereocenters. The largest absolute Gasteiger partial charge is 0.493 e. The van der Waals surface area contributed by atoms with E-state index in [1.165, 1.54) is 16.7 Å². The van der Waals surface area contributed by atoms with E-state index < -0.39 is 0 Å². The molecule has 0 bridgehead atoms. The molecule has 0 heterocycles. The Morgan fingerprint density at radius 1 is 1.17 bits per heavy atom. The molecule has 0 saturated carbocycles. The highest BCUT2D eigenvalue weighted by Gasteiger charge is 2.24. The van der Waals surface area contributed by atoms with Crippen LogP contribution in [0.4, 0.5) is 0 Å². The summed E-state index contributed by atoms with van der Waals surface area (Å²) >= 11 is 4.44. The van der Waals surface area contributed by atoms with Gasteiger partial charge in [-0.1, -0.05) is 26.8 Å². The highest BCUT2D eigenvalue weighted by Crippen LogP contribution is 2.29. The number of hydrogen-bond acceptors (Lipinski definition) is 2. The first-order chi connectivity index (χ1) is 8.25. The molecular weight excluding hydrogens is 240 g/mol. The third-order valence-electron chi connectivity index (χ3n) is 3.65. The van der Waals surface area contributed by atoms with Gasteiger partial charge < -0.3 is 4.74 Å². The molecule has 2 heteroatoms. The minimum absolute atomic E-state index is 0.231. The van der Waals surface area contributed by atoms with E-state index in [2.05, 4.69) is 66.3 Å². The molecule has 0 aliphatic rings. The van der Waals surface area contributed by atoms with Crippen molar-refractivity contribution >= 4 is 12.6 Å². The Hall–Kier alpha value is -0.630. The third kappa shape index (κ3) is 3.94. The number of aryl methyl sites for hydroxylation is 2. The predicted octanol–water partition coefficient (Wildman–Crippen LogP) is 4.58. The first kappa shape index (κ1) is 15.4. The Balaban J connectivity index is 2.80. The highest BCUT2D eigenvalue weighted by molar-refractivity contribution is 7.80. The van der Waals surface area contributed by atoms with E-state index >= 15 is 0 Å². The molecule has 0 N–H and O–H groups in total. The second-order valence-corrected chi connectivity index (χ2v) is 6.63. The van der Waals surface area contributed by atoms with Crippen LogP contribution < -0.4 is 4.74 Å². The Bertz CT molecular complexity index is 404. The summed E-state index contributed by atoms with van der Waals surface area (Å²) in [5, 5.41) is 0. The van der Waals surface area contributed by atoms with E-state index in [1.54, 1.807) is 0 Å². The Morgan fingerprint density at radius 2 is 1.78 bits per heavy atom. The third-order valence-corrected chi connectivity index (χ3v) is 4.09. The van der Waals surface area contributed by atoms with Crippen LogP contribution in [0.15, 0.2) is 12.1 Å². The monoisotopic (exact) mass is 266 g/mol. The van der Waals surface area contributed by atoms with Gasteiger partial charge in [0.15, 0.2) is 0 Å². The summed E-state index contributed by atoms with van der Waals surface area (Å²) in [6.45, 7) is 13.8. The lowest BCUT2D eigenvalue weighted by Crippen LogP contribution is -2.28. The first-order valence-corrected chi connectivity index (χ1v) is 7.20. The van der Waals surface area contributed by atoms with Gasteiger partial charge in [0.2, 0.25) is 0 Å². The van der Waals surface area contributed by atoms with Crippen molar-refractivity contribution in [2.24, 2.45) is 11.3 Å². The van der Waals surface area contributed by atoms with Crippen LogP contribution in [-0.4, -0.2) is 12.4 Å². The average Bonchev–Trinajstić information content (AvgIpc) is 2.23. The van der Waals surface area contributed by atoms with Gasteiger partial charge in [-0.15, -0.1) is 0 Å².